The van der Waals surface area contributed by atoms with Crippen LogP contribution in [0.15, 0.2) is 27.4 Å². The lowest BCUT2D eigenvalue weighted by Gasteiger charge is -2.22. The fraction of sp³-hybridized carbons (Fsp3) is 0.500. The molecule has 3 rings (SSSR count). The van der Waals surface area contributed by atoms with Crippen molar-refractivity contribution in [2.24, 2.45) is 7.05 Å². The molecule has 0 unspecified atom stereocenters. The number of nitrogens with one attached hydrogen (secondary N) is 1. The van der Waals surface area contributed by atoms with Crippen LogP contribution in [0.2, 0.25) is 0 Å². The van der Waals surface area contributed by atoms with Gasteiger partial charge in [-0.15, -0.1) is 0 Å². The normalized spacial score (nSPS) is 16.2. The summed E-state index contributed by atoms with van der Waals surface area (Å²) in [4.78, 5) is 23.6. The van der Waals surface area contributed by atoms with Gasteiger partial charge in [-0.3, -0.25) is 9.36 Å². The van der Waals surface area contributed by atoms with E-state index in [4.69, 9.17) is 4.42 Å². The molecule has 0 atom stereocenters. The first kappa shape index (κ1) is 13.9. The summed E-state index contributed by atoms with van der Waals surface area (Å²) in [5.41, 5.74) is 2.18. The molecule has 1 aromatic carbocycles. The van der Waals surface area contributed by atoms with Crippen LogP contribution in [0, 0.1) is 0 Å². The van der Waals surface area contributed by atoms with Gasteiger partial charge in [0.15, 0.2) is 5.58 Å². The first-order valence-corrected chi connectivity index (χ1v) is 7.51. The average molecular weight is 288 g/mol. The molecule has 0 aliphatic heterocycles. The van der Waals surface area contributed by atoms with E-state index in [2.05, 4.69) is 5.32 Å². The second-order valence-electron chi connectivity index (χ2n) is 5.81. The monoisotopic (exact) mass is 288 g/mol. The highest BCUT2D eigenvalue weighted by molar-refractivity contribution is 5.81. The number of carbonyl (C=O) groups excluding carboxylic acids is 1. The molecule has 0 spiro atoms. The van der Waals surface area contributed by atoms with Gasteiger partial charge in [-0.25, -0.2) is 4.79 Å². The molecule has 1 aliphatic carbocycles. The maximum atomic E-state index is 12.1. The molecule has 0 bridgehead atoms. The summed E-state index contributed by atoms with van der Waals surface area (Å²) in [5, 5.41) is 3.10. The smallest absolute Gasteiger partial charge is 0.408 e. The molecule has 1 N–H and O–H groups in total. The van der Waals surface area contributed by atoms with Gasteiger partial charge in [-0.2, -0.15) is 0 Å². The van der Waals surface area contributed by atoms with Crippen molar-refractivity contribution in [3.05, 3.63) is 34.3 Å². The van der Waals surface area contributed by atoms with E-state index in [-0.39, 0.29) is 11.7 Å². The molecule has 0 radical (unpaired) electrons. The zero-order chi connectivity index (χ0) is 14.8. The van der Waals surface area contributed by atoms with Gasteiger partial charge in [0, 0.05) is 13.1 Å². The number of hydrogen-bond donors (Lipinski definition) is 1. The fourth-order valence-electron chi connectivity index (χ4n) is 2.99. The van der Waals surface area contributed by atoms with Gasteiger partial charge in [0.05, 0.1) is 11.9 Å². The number of carbonyl (C=O) groups is 1. The molecule has 21 heavy (non-hydrogen) atoms. The predicted octanol–water partition coefficient (Wildman–Crippen LogP) is 2.12. The molecule has 5 heteroatoms. The van der Waals surface area contributed by atoms with Gasteiger partial charge in [0.1, 0.15) is 0 Å². The van der Waals surface area contributed by atoms with Crippen LogP contribution in [-0.2, 0) is 18.3 Å². The molecule has 1 fully saturated rings. The van der Waals surface area contributed by atoms with Crippen molar-refractivity contribution in [3.63, 3.8) is 0 Å². The van der Waals surface area contributed by atoms with Crippen molar-refractivity contribution in [1.82, 2.24) is 9.88 Å². The number of benzene rings is 1. The quantitative estimate of drug-likeness (QED) is 0.941. The number of oxazole rings is 1. The third-order valence-electron chi connectivity index (χ3n) is 4.19. The second kappa shape index (κ2) is 5.76. The molecule has 1 aromatic heterocycles. The first-order chi connectivity index (χ1) is 10.1. The summed E-state index contributed by atoms with van der Waals surface area (Å²) >= 11 is 0. The van der Waals surface area contributed by atoms with Gasteiger partial charge in [-0.1, -0.05) is 25.3 Å². The Kier molecular flexibility index (Phi) is 3.82. The lowest BCUT2D eigenvalue weighted by Crippen LogP contribution is -2.37. The van der Waals surface area contributed by atoms with Crippen molar-refractivity contribution in [2.75, 3.05) is 0 Å². The van der Waals surface area contributed by atoms with Crippen LogP contribution in [0.3, 0.4) is 0 Å². The molecule has 1 saturated carbocycles. The minimum absolute atomic E-state index is 0.0507. The minimum Gasteiger partial charge on any atom is -0.408 e. The van der Waals surface area contributed by atoms with E-state index in [0.29, 0.717) is 18.0 Å². The maximum absolute atomic E-state index is 12.1. The second-order valence-corrected chi connectivity index (χ2v) is 5.81. The van der Waals surface area contributed by atoms with Gasteiger partial charge in [0.25, 0.3) is 0 Å². The molecular formula is C16H20N2O3. The lowest BCUT2D eigenvalue weighted by molar-refractivity contribution is -0.121. The number of fused-ring (bicyclic) bond motifs is 1. The SMILES string of the molecule is Cn1c(=O)oc2ccc(CC(=O)NC3CCCCC3)cc21. The predicted molar refractivity (Wildman–Crippen MR) is 80.2 cm³/mol. The number of hydrogen-bond acceptors (Lipinski definition) is 3. The number of amides is 1. The summed E-state index contributed by atoms with van der Waals surface area (Å²) < 4.78 is 6.54. The summed E-state index contributed by atoms with van der Waals surface area (Å²) in [5.74, 6) is -0.330. The third kappa shape index (κ3) is 3.01. The molecule has 2 aromatic rings. The fourth-order valence-corrected chi connectivity index (χ4v) is 2.99. The largest absolute Gasteiger partial charge is 0.419 e. The van der Waals surface area contributed by atoms with Gasteiger partial charge in [0.2, 0.25) is 5.91 Å². The van der Waals surface area contributed by atoms with Gasteiger partial charge < -0.3 is 9.73 Å². The molecule has 5 nitrogen and oxygen atoms in total. The van der Waals surface area contributed by atoms with Crippen LogP contribution in [0.5, 0.6) is 0 Å². The lowest BCUT2D eigenvalue weighted by atomic mass is 9.95. The zero-order valence-corrected chi connectivity index (χ0v) is 12.2. The molecule has 1 amide bonds. The van der Waals surface area contributed by atoms with E-state index >= 15 is 0 Å². The molecule has 1 aliphatic rings. The molecule has 0 saturated heterocycles. The Labute approximate surface area is 122 Å². The summed E-state index contributed by atoms with van der Waals surface area (Å²) in [6.45, 7) is 0. The highest BCUT2D eigenvalue weighted by atomic mass is 16.4. The van der Waals surface area contributed by atoms with E-state index in [9.17, 15) is 9.59 Å². The van der Waals surface area contributed by atoms with E-state index < -0.39 is 0 Å². The topological polar surface area (TPSA) is 64.2 Å². The van der Waals surface area contributed by atoms with Gasteiger partial charge >= 0.3 is 5.76 Å². The van der Waals surface area contributed by atoms with Crippen LogP contribution in [-0.4, -0.2) is 16.5 Å². The van der Waals surface area contributed by atoms with Crippen molar-refractivity contribution < 1.29 is 9.21 Å². The van der Waals surface area contributed by atoms with Crippen molar-refractivity contribution in [2.45, 2.75) is 44.6 Å². The zero-order valence-electron chi connectivity index (χ0n) is 12.2. The van der Waals surface area contributed by atoms with Crippen molar-refractivity contribution in [1.29, 1.82) is 0 Å². The Morgan fingerprint density at radius 2 is 2.10 bits per heavy atom. The number of aryl methyl sites for hydroxylation is 1. The van der Waals surface area contributed by atoms with Crippen LogP contribution in [0.25, 0.3) is 11.1 Å². The van der Waals surface area contributed by atoms with Crippen LogP contribution >= 0.6 is 0 Å². The third-order valence-corrected chi connectivity index (χ3v) is 4.19. The van der Waals surface area contributed by atoms with Gasteiger partial charge in [-0.05, 0) is 30.5 Å². The van der Waals surface area contributed by atoms with Crippen LogP contribution in [0.1, 0.15) is 37.7 Å². The molecule has 112 valence electrons. The summed E-state index contributed by atoms with van der Waals surface area (Å²) in [7, 11) is 1.67. The van der Waals surface area contributed by atoms with E-state index in [0.717, 1.165) is 23.9 Å². The Bertz CT molecular complexity index is 708. The van der Waals surface area contributed by atoms with Crippen molar-refractivity contribution in [3.8, 4) is 0 Å². The Morgan fingerprint density at radius 1 is 1.33 bits per heavy atom. The maximum Gasteiger partial charge on any atom is 0.419 e. The van der Waals surface area contributed by atoms with Crippen LogP contribution < -0.4 is 11.1 Å². The van der Waals surface area contributed by atoms with Crippen LogP contribution in [0.4, 0.5) is 0 Å². The number of rotatable bonds is 3. The number of aromatic nitrogens is 1. The average Bonchev–Trinajstić information content (AvgIpc) is 2.75. The van der Waals surface area contributed by atoms with E-state index in [1.54, 1.807) is 13.1 Å². The number of nitrogens with zero attached hydrogens (tertiary/aromatic N) is 1. The summed E-state index contributed by atoms with van der Waals surface area (Å²) in [6.07, 6.45) is 6.19. The Hall–Kier alpha value is -2.04. The minimum atomic E-state index is -0.381. The van der Waals surface area contributed by atoms with E-state index in [1.165, 1.54) is 23.8 Å². The Morgan fingerprint density at radius 3 is 2.86 bits per heavy atom. The molecular weight excluding hydrogens is 268 g/mol. The van der Waals surface area contributed by atoms with E-state index in [1.807, 2.05) is 12.1 Å². The highest BCUT2D eigenvalue weighted by Crippen LogP contribution is 2.18. The molecule has 1 heterocycles. The standard InChI is InChI=1S/C16H20N2O3/c1-18-13-9-11(7-8-14(13)21-16(18)20)10-15(19)17-12-5-3-2-4-6-12/h7-9,12H,2-6,10H2,1H3,(H,17,19). The van der Waals surface area contributed by atoms with Crippen molar-refractivity contribution >= 4 is 17.0 Å². The Balaban J connectivity index is 1.70. The summed E-state index contributed by atoms with van der Waals surface area (Å²) in [6, 6.07) is 5.76. The first-order valence-electron chi connectivity index (χ1n) is 7.51. The highest BCUT2D eigenvalue weighted by Gasteiger charge is 2.16.